The summed E-state index contributed by atoms with van der Waals surface area (Å²) >= 11 is 0. The Morgan fingerprint density at radius 1 is 1.26 bits per heavy atom. The van der Waals surface area contributed by atoms with Crippen molar-refractivity contribution in [1.29, 1.82) is 0 Å². The molecule has 0 aliphatic heterocycles. The Labute approximate surface area is 159 Å². The van der Waals surface area contributed by atoms with E-state index in [4.69, 9.17) is 0 Å². The van der Waals surface area contributed by atoms with Crippen molar-refractivity contribution in [2.75, 3.05) is 18.9 Å². The molecule has 7 nitrogen and oxygen atoms in total. The second kappa shape index (κ2) is 8.24. The van der Waals surface area contributed by atoms with Crippen LogP contribution >= 0.6 is 0 Å². The zero-order chi connectivity index (χ0) is 19.3. The van der Waals surface area contributed by atoms with E-state index in [-0.39, 0.29) is 17.4 Å². The lowest BCUT2D eigenvalue weighted by Crippen LogP contribution is -2.35. The summed E-state index contributed by atoms with van der Waals surface area (Å²) in [5, 5.41) is 8.54. The van der Waals surface area contributed by atoms with E-state index in [1.807, 2.05) is 37.4 Å². The number of nitrogens with one attached hydrogen (secondary N) is 3. The number of aromatic nitrogens is 2. The van der Waals surface area contributed by atoms with E-state index in [1.165, 1.54) is 0 Å². The fourth-order valence-corrected chi connectivity index (χ4v) is 3.17. The highest BCUT2D eigenvalue weighted by Gasteiger charge is 2.43. The van der Waals surface area contributed by atoms with Crippen molar-refractivity contribution < 1.29 is 9.59 Å². The number of imidazole rings is 1. The quantitative estimate of drug-likeness (QED) is 0.668. The number of urea groups is 1. The minimum atomic E-state index is -0.212. The van der Waals surface area contributed by atoms with Gasteiger partial charge in [0.25, 0.3) is 0 Å². The molecule has 0 atom stereocenters. The summed E-state index contributed by atoms with van der Waals surface area (Å²) in [6.45, 7) is 3.50. The largest absolute Gasteiger partial charge is 0.359 e. The number of aryl methyl sites for hydroxylation is 2. The van der Waals surface area contributed by atoms with E-state index in [0.29, 0.717) is 19.4 Å². The van der Waals surface area contributed by atoms with Gasteiger partial charge in [0.15, 0.2) is 0 Å². The van der Waals surface area contributed by atoms with E-state index in [1.54, 1.807) is 13.2 Å². The summed E-state index contributed by atoms with van der Waals surface area (Å²) in [4.78, 5) is 28.1. The summed E-state index contributed by atoms with van der Waals surface area (Å²) in [7, 11) is 1.62. The Bertz CT molecular complexity index is 810. The lowest BCUT2D eigenvalue weighted by Gasteiger charge is -2.18. The van der Waals surface area contributed by atoms with Gasteiger partial charge in [-0.05, 0) is 37.8 Å². The Hall–Kier alpha value is -2.83. The van der Waals surface area contributed by atoms with E-state index < -0.39 is 0 Å². The van der Waals surface area contributed by atoms with Gasteiger partial charge in [0.1, 0.15) is 5.82 Å². The fourth-order valence-electron chi connectivity index (χ4n) is 3.17. The number of hydrogen-bond acceptors (Lipinski definition) is 3. The van der Waals surface area contributed by atoms with Crippen LogP contribution in [0.15, 0.2) is 36.7 Å². The van der Waals surface area contributed by atoms with E-state index in [2.05, 4.69) is 25.5 Å². The highest BCUT2D eigenvalue weighted by atomic mass is 16.2. The molecular weight excluding hydrogens is 342 g/mol. The average Bonchev–Trinajstić information content (AvgIpc) is 3.33. The Balaban J connectivity index is 1.52. The highest BCUT2D eigenvalue weighted by Crippen LogP contribution is 2.46. The number of carbonyl (C=O) groups is 2. The second-order valence-electron chi connectivity index (χ2n) is 7.24. The van der Waals surface area contributed by atoms with Gasteiger partial charge in [-0.25, -0.2) is 9.78 Å². The van der Waals surface area contributed by atoms with E-state index >= 15 is 0 Å². The van der Waals surface area contributed by atoms with Gasteiger partial charge in [0, 0.05) is 50.1 Å². The molecule has 144 valence electrons. The first-order chi connectivity index (χ1) is 13.0. The van der Waals surface area contributed by atoms with Crippen LogP contribution < -0.4 is 16.0 Å². The molecule has 3 N–H and O–H groups in total. The molecule has 1 aromatic carbocycles. The first-order valence-corrected chi connectivity index (χ1v) is 9.32. The van der Waals surface area contributed by atoms with Crippen LogP contribution in [0, 0.1) is 12.3 Å². The number of rotatable bonds is 8. The third kappa shape index (κ3) is 5.09. The lowest BCUT2D eigenvalue weighted by atomic mass is 10.1. The molecule has 2 aromatic rings. The number of para-hydroxylation sites is 1. The SMILES string of the molecule is CNC(=O)CCc1ccccc1NC(=O)NCC1(Cn2ccnc2C)CC1. The van der Waals surface area contributed by atoms with Gasteiger partial charge >= 0.3 is 6.03 Å². The van der Waals surface area contributed by atoms with Gasteiger partial charge in [0.2, 0.25) is 5.91 Å². The number of anilines is 1. The van der Waals surface area contributed by atoms with Gasteiger partial charge in [-0.3, -0.25) is 4.79 Å². The maximum atomic E-state index is 12.4. The van der Waals surface area contributed by atoms with Crippen molar-refractivity contribution >= 4 is 17.6 Å². The van der Waals surface area contributed by atoms with Crippen LogP contribution in [0.5, 0.6) is 0 Å². The van der Waals surface area contributed by atoms with Crippen LogP contribution in [0.3, 0.4) is 0 Å². The third-order valence-corrected chi connectivity index (χ3v) is 5.18. The first kappa shape index (κ1) is 18.9. The Morgan fingerprint density at radius 3 is 2.70 bits per heavy atom. The molecule has 1 fully saturated rings. The maximum Gasteiger partial charge on any atom is 0.319 e. The smallest absolute Gasteiger partial charge is 0.319 e. The number of nitrogens with zero attached hydrogens (tertiary/aromatic N) is 2. The van der Waals surface area contributed by atoms with Gasteiger partial charge in [0.05, 0.1) is 0 Å². The summed E-state index contributed by atoms with van der Waals surface area (Å²) in [6.07, 6.45) is 6.98. The normalized spacial score (nSPS) is 14.4. The molecule has 27 heavy (non-hydrogen) atoms. The molecule has 0 saturated heterocycles. The van der Waals surface area contributed by atoms with Crippen LogP contribution in [0.4, 0.5) is 10.5 Å². The van der Waals surface area contributed by atoms with Crippen LogP contribution in [0.2, 0.25) is 0 Å². The van der Waals surface area contributed by atoms with Crippen LogP contribution in [-0.2, 0) is 17.8 Å². The highest BCUT2D eigenvalue weighted by molar-refractivity contribution is 5.90. The number of hydrogen-bond donors (Lipinski definition) is 3. The molecule has 7 heteroatoms. The maximum absolute atomic E-state index is 12.4. The molecule has 0 spiro atoms. The van der Waals surface area contributed by atoms with Crippen molar-refractivity contribution in [3.05, 3.63) is 48.0 Å². The number of benzene rings is 1. The predicted octanol–water partition coefficient (Wildman–Crippen LogP) is 2.47. The molecule has 0 bridgehead atoms. The molecule has 3 amide bonds. The Kier molecular flexibility index (Phi) is 5.78. The molecular formula is C20H27N5O2. The third-order valence-electron chi connectivity index (χ3n) is 5.18. The van der Waals surface area contributed by atoms with Crippen molar-refractivity contribution in [3.8, 4) is 0 Å². The summed E-state index contributed by atoms with van der Waals surface area (Å²) in [5.41, 5.74) is 1.82. The summed E-state index contributed by atoms with van der Waals surface area (Å²) in [5.74, 6) is 0.982. The topological polar surface area (TPSA) is 88.0 Å². The summed E-state index contributed by atoms with van der Waals surface area (Å²) in [6, 6.07) is 7.37. The molecule has 3 rings (SSSR count). The molecule has 1 saturated carbocycles. The van der Waals surface area contributed by atoms with Gasteiger partial charge < -0.3 is 20.5 Å². The van der Waals surface area contributed by atoms with Gasteiger partial charge in [-0.1, -0.05) is 18.2 Å². The minimum absolute atomic E-state index is 0.0141. The monoisotopic (exact) mass is 369 g/mol. The van der Waals surface area contributed by atoms with E-state index in [9.17, 15) is 9.59 Å². The number of carbonyl (C=O) groups excluding carboxylic acids is 2. The molecule has 0 radical (unpaired) electrons. The van der Waals surface area contributed by atoms with Crippen LogP contribution in [-0.4, -0.2) is 35.1 Å². The average molecular weight is 369 g/mol. The van der Waals surface area contributed by atoms with Crippen LogP contribution in [0.25, 0.3) is 0 Å². The zero-order valence-corrected chi connectivity index (χ0v) is 15.9. The summed E-state index contributed by atoms with van der Waals surface area (Å²) < 4.78 is 2.14. The standard InChI is InChI=1S/C20H27N5O2/c1-15-22-11-12-25(15)14-20(9-10-20)13-23-19(27)24-17-6-4-3-5-16(17)7-8-18(26)21-2/h3-6,11-12H,7-10,13-14H2,1-2H3,(H,21,26)(H2,23,24,27). The molecule has 1 heterocycles. The van der Waals surface area contributed by atoms with Crippen LogP contribution in [0.1, 0.15) is 30.7 Å². The van der Waals surface area contributed by atoms with Crippen molar-refractivity contribution in [2.24, 2.45) is 5.41 Å². The van der Waals surface area contributed by atoms with Crippen molar-refractivity contribution in [2.45, 2.75) is 39.2 Å². The van der Waals surface area contributed by atoms with Gasteiger partial charge in [-0.2, -0.15) is 0 Å². The van der Waals surface area contributed by atoms with Gasteiger partial charge in [-0.15, -0.1) is 0 Å². The second-order valence-corrected chi connectivity index (χ2v) is 7.24. The van der Waals surface area contributed by atoms with E-state index in [0.717, 1.165) is 36.5 Å². The zero-order valence-electron chi connectivity index (χ0n) is 15.9. The van der Waals surface area contributed by atoms with Crippen molar-refractivity contribution in [1.82, 2.24) is 20.2 Å². The lowest BCUT2D eigenvalue weighted by molar-refractivity contribution is -0.120. The number of amides is 3. The Morgan fingerprint density at radius 2 is 2.04 bits per heavy atom. The minimum Gasteiger partial charge on any atom is -0.359 e. The fraction of sp³-hybridized carbons (Fsp3) is 0.450. The molecule has 0 unspecified atom stereocenters. The predicted molar refractivity (Wildman–Crippen MR) is 104 cm³/mol. The molecule has 1 aromatic heterocycles. The molecule has 1 aliphatic rings. The molecule has 1 aliphatic carbocycles. The first-order valence-electron chi connectivity index (χ1n) is 9.32. The van der Waals surface area contributed by atoms with Crippen molar-refractivity contribution in [3.63, 3.8) is 0 Å².